The summed E-state index contributed by atoms with van der Waals surface area (Å²) < 4.78 is 45.0. The Labute approximate surface area is 114 Å². The molecule has 112 valence electrons. The molecule has 1 aromatic carbocycles. The molecule has 1 aromatic rings. The van der Waals surface area contributed by atoms with E-state index < -0.39 is 12.8 Å². The van der Waals surface area contributed by atoms with E-state index in [0.717, 1.165) is 5.56 Å². The summed E-state index contributed by atoms with van der Waals surface area (Å²) >= 11 is 0. The van der Waals surface area contributed by atoms with Gasteiger partial charge in [0.25, 0.3) is 0 Å². The highest BCUT2D eigenvalue weighted by Gasteiger charge is 2.27. The van der Waals surface area contributed by atoms with Crippen LogP contribution in [0.3, 0.4) is 0 Å². The van der Waals surface area contributed by atoms with Gasteiger partial charge in [-0.25, -0.2) is 0 Å². The molecule has 1 rings (SSSR count). The SMILES string of the molecule is C/C(Cc1ccc(OCCOCC(F)(F)F)cc1)=N/O. The maximum absolute atomic E-state index is 11.8. The summed E-state index contributed by atoms with van der Waals surface area (Å²) in [5, 5.41) is 11.6. The van der Waals surface area contributed by atoms with Gasteiger partial charge in [-0.2, -0.15) is 13.2 Å². The van der Waals surface area contributed by atoms with Crippen molar-refractivity contribution in [2.75, 3.05) is 19.8 Å². The predicted molar refractivity (Wildman–Crippen MR) is 67.4 cm³/mol. The molecule has 7 heteroatoms. The highest BCUT2D eigenvalue weighted by Crippen LogP contribution is 2.15. The van der Waals surface area contributed by atoms with E-state index in [2.05, 4.69) is 9.89 Å². The van der Waals surface area contributed by atoms with Gasteiger partial charge in [0, 0.05) is 6.42 Å². The third kappa shape index (κ3) is 6.98. The second-order valence-electron chi connectivity index (χ2n) is 4.17. The number of benzene rings is 1. The highest BCUT2D eigenvalue weighted by molar-refractivity contribution is 5.83. The number of hydrogen-bond donors (Lipinski definition) is 1. The molecule has 0 aromatic heterocycles. The van der Waals surface area contributed by atoms with Gasteiger partial charge in [0.15, 0.2) is 0 Å². The number of nitrogens with zero attached hydrogens (tertiary/aromatic N) is 1. The number of hydrogen-bond acceptors (Lipinski definition) is 4. The Hall–Kier alpha value is -1.76. The average Bonchev–Trinajstić information content (AvgIpc) is 2.39. The van der Waals surface area contributed by atoms with Crippen molar-refractivity contribution in [3.8, 4) is 5.75 Å². The van der Waals surface area contributed by atoms with Crippen LogP contribution in [0.1, 0.15) is 12.5 Å². The van der Waals surface area contributed by atoms with Gasteiger partial charge >= 0.3 is 6.18 Å². The number of oxime groups is 1. The molecule has 0 fully saturated rings. The number of alkyl halides is 3. The van der Waals surface area contributed by atoms with Crippen molar-refractivity contribution >= 4 is 5.71 Å². The Morgan fingerprint density at radius 3 is 2.40 bits per heavy atom. The van der Waals surface area contributed by atoms with E-state index >= 15 is 0 Å². The van der Waals surface area contributed by atoms with Crippen LogP contribution in [-0.4, -0.2) is 36.9 Å². The molecule has 0 spiro atoms. The summed E-state index contributed by atoms with van der Waals surface area (Å²) in [4.78, 5) is 0. The molecule has 1 N–H and O–H groups in total. The summed E-state index contributed by atoms with van der Waals surface area (Å²) in [7, 11) is 0. The van der Waals surface area contributed by atoms with E-state index in [1.54, 1.807) is 31.2 Å². The van der Waals surface area contributed by atoms with Crippen molar-refractivity contribution in [3.63, 3.8) is 0 Å². The first kappa shape index (κ1) is 16.3. The Bertz CT molecular complexity index is 429. The van der Waals surface area contributed by atoms with Crippen LogP contribution in [0.4, 0.5) is 13.2 Å². The molecule has 0 heterocycles. The molecule has 0 radical (unpaired) electrons. The number of halogens is 3. The fourth-order valence-electron chi connectivity index (χ4n) is 1.44. The van der Waals surface area contributed by atoms with E-state index in [0.29, 0.717) is 17.9 Å². The first-order chi connectivity index (χ1) is 9.40. The van der Waals surface area contributed by atoms with Crippen molar-refractivity contribution < 1.29 is 27.9 Å². The van der Waals surface area contributed by atoms with Gasteiger partial charge in [-0.3, -0.25) is 0 Å². The Morgan fingerprint density at radius 1 is 1.20 bits per heavy atom. The van der Waals surface area contributed by atoms with E-state index in [1.807, 2.05) is 0 Å². The predicted octanol–water partition coefficient (Wildman–Crippen LogP) is 3.04. The number of ether oxygens (including phenoxy) is 2. The molecule has 0 aliphatic heterocycles. The quantitative estimate of drug-likeness (QED) is 0.363. The minimum absolute atomic E-state index is 0.0482. The second-order valence-corrected chi connectivity index (χ2v) is 4.17. The molecule has 0 atom stereocenters. The molecule has 0 aliphatic carbocycles. The van der Waals surface area contributed by atoms with Crippen LogP contribution in [0.5, 0.6) is 5.75 Å². The largest absolute Gasteiger partial charge is 0.491 e. The van der Waals surface area contributed by atoms with E-state index in [-0.39, 0.29) is 13.2 Å². The van der Waals surface area contributed by atoms with Crippen molar-refractivity contribution in [1.29, 1.82) is 0 Å². The maximum atomic E-state index is 11.8. The molecule has 0 amide bonds. The molecule has 0 saturated carbocycles. The fourth-order valence-corrected chi connectivity index (χ4v) is 1.44. The van der Waals surface area contributed by atoms with Crippen molar-refractivity contribution in [2.24, 2.45) is 5.16 Å². The lowest BCUT2D eigenvalue weighted by Crippen LogP contribution is -2.19. The van der Waals surface area contributed by atoms with Gasteiger partial charge in [-0.05, 0) is 24.6 Å². The normalized spacial score (nSPS) is 12.5. The number of rotatable bonds is 7. The van der Waals surface area contributed by atoms with Gasteiger partial charge < -0.3 is 14.7 Å². The van der Waals surface area contributed by atoms with Gasteiger partial charge in [0.1, 0.15) is 19.0 Å². The Kier molecular flexibility index (Phi) is 6.30. The monoisotopic (exact) mass is 291 g/mol. The van der Waals surface area contributed by atoms with Gasteiger partial charge in [0.05, 0.1) is 12.3 Å². The summed E-state index contributed by atoms with van der Waals surface area (Å²) in [5.74, 6) is 0.544. The molecule has 0 aliphatic rings. The average molecular weight is 291 g/mol. The van der Waals surface area contributed by atoms with Gasteiger partial charge in [0.2, 0.25) is 0 Å². The Balaban J connectivity index is 2.28. The van der Waals surface area contributed by atoms with E-state index in [1.165, 1.54) is 0 Å². The molecule has 20 heavy (non-hydrogen) atoms. The molecular formula is C13H16F3NO3. The van der Waals surface area contributed by atoms with Gasteiger partial charge in [-0.15, -0.1) is 0 Å². The van der Waals surface area contributed by atoms with Crippen molar-refractivity contribution in [3.05, 3.63) is 29.8 Å². The third-order valence-corrected chi connectivity index (χ3v) is 2.32. The van der Waals surface area contributed by atoms with Crippen LogP contribution in [-0.2, 0) is 11.2 Å². The van der Waals surface area contributed by atoms with Crippen LogP contribution in [0, 0.1) is 0 Å². The first-order valence-electron chi connectivity index (χ1n) is 5.94. The molecular weight excluding hydrogens is 275 g/mol. The van der Waals surface area contributed by atoms with Crippen LogP contribution >= 0.6 is 0 Å². The summed E-state index contributed by atoms with van der Waals surface area (Å²) in [5.41, 5.74) is 1.53. The minimum Gasteiger partial charge on any atom is -0.491 e. The van der Waals surface area contributed by atoms with E-state index in [9.17, 15) is 13.2 Å². The smallest absolute Gasteiger partial charge is 0.411 e. The first-order valence-corrected chi connectivity index (χ1v) is 5.94. The maximum Gasteiger partial charge on any atom is 0.411 e. The molecule has 4 nitrogen and oxygen atoms in total. The standard InChI is InChI=1S/C13H16F3NO3/c1-10(17-18)8-11-2-4-12(5-3-11)20-7-6-19-9-13(14,15)16/h2-5,18H,6-9H2,1H3/b17-10-. The van der Waals surface area contributed by atoms with Crippen molar-refractivity contribution in [2.45, 2.75) is 19.5 Å². The minimum atomic E-state index is -4.31. The van der Waals surface area contributed by atoms with Crippen LogP contribution in [0.25, 0.3) is 0 Å². The summed E-state index contributed by atoms with van der Waals surface area (Å²) in [6.07, 6.45) is -3.79. The zero-order valence-electron chi connectivity index (χ0n) is 11.0. The lowest BCUT2D eigenvalue weighted by Gasteiger charge is -2.09. The topological polar surface area (TPSA) is 51.0 Å². The zero-order chi connectivity index (χ0) is 15.0. The molecule has 0 saturated heterocycles. The molecule has 0 bridgehead atoms. The second kappa shape index (κ2) is 7.74. The van der Waals surface area contributed by atoms with E-state index in [4.69, 9.17) is 9.94 Å². The highest BCUT2D eigenvalue weighted by atomic mass is 19.4. The third-order valence-electron chi connectivity index (χ3n) is 2.32. The lowest BCUT2D eigenvalue weighted by atomic mass is 10.1. The molecule has 0 unspecified atom stereocenters. The van der Waals surface area contributed by atoms with Crippen LogP contribution in [0.2, 0.25) is 0 Å². The lowest BCUT2D eigenvalue weighted by molar-refractivity contribution is -0.175. The van der Waals surface area contributed by atoms with Gasteiger partial charge in [-0.1, -0.05) is 17.3 Å². The van der Waals surface area contributed by atoms with Crippen molar-refractivity contribution in [1.82, 2.24) is 0 Å². The summed E-state index contributed by atoms with van der Waals surface area (Å²) in [6.45, 7) is 0.349. The van der Waals surface area contributed by atoms with Crippen LogP contribution < -0.4 is 4.74 Å². The Morgan fingerprint density at radius 2 is 1.85 bits per heavy atom. The van der Waals surface area contributed by atoms with Crippen LogP contribution in [0.15, 0.2) is 29.4 Å². The fraction of sp³-hybridized carbons (Fsp3) is 0.462. The zero-order valence-corrected chi connectivity index (χ0v) is 11.0. The summed E-state index contributed by atoms with van der Waals surface area (Å²) in [6, 6.07) is 6.98.